The Morgan fingerprint density at radius 3 is 0.738 bits per heavy atom. The monoisotopic (exact) mass is 881 g/mol. The topological polar surface area (TPSA) is 36.9 Å². The minimum Gasteiger partial charge on any atom is -0.489 e. The molecule has 0 aromatic heterocycles. The van der Waals surface area contributed by atoms with Crippen molar-refractivity contribution in [2.24, 2.45) is 0 Å². The molecule has 4 heteroatoms. The third-order valence-corrected chi connectivity index (χ3v) is 12.6. The Balaban J connectivity index is 2.03. The number of hydrogen-bond acceptors (Lipinski definition) is 4. The van der Waals surface area contributed by atoms with Crippen LogP contribution in [0.1, 0.15) is 181 Å². The second kappa shape index (κ2) is 21.6. The molecule has 0 aliphatic rings. The zero-order chi connectivity index (χ0) is 48.7. The molecular weight excluding hydrogens is 797 g/mol. The predicted octanol–water partition coefficient (Wildman–Crippen LogP) is 16.5. The normalized spacial score (nSPS) is 12.3. The van der Waals surface area contributed by atoms with Gasteiger partial charge in [-0.25, -0.2) is 0 Å². The molecule has 4 nitrogen and oxygen atoms in total. The predicted molar refractivity (Wildman–Crippen MR) is 280 cm³/mol. The van der Waals surface area contributed by atoms with Crippen LogP contribution in [-0.2, 0) is 21.7 Å². The Kier molecular flexibility index (Phi) is 17.5. The van der Waals surface area contributed by atoms with E-state index in [1.165, 1.54) is 66.8 Å². The zero-order valence-electron chi connectivity index (χ0n) is 43.5. The van der Waals surface area contributed by atoms with Crippen LogP contribution in [0.4, 0.5) is 0 Å². The van der Waals surface area contributed by atoms with Crippen LogP contribution in [0.3, 0.4) is 0 Å². The van der Waals surface area contributed by atoms with Crippen molar-refractivity contribution in [2.75, 3.05) is 26.4 Å². The second-order valence-corrected chi connectivity index (χ2v) is 22.3. The summed E-state index contributed by atoms with van der Waals surface area (Å²) in [7, 11) is 0. The highest BCUT2D eigenvalue weighted by molar-refractivity contribution is 5.55. The van der Waals surface area contributed by atoms with Crippen molar-refractivity contribution >= 4 is 0 Å². The van der Waals surface area contributed by atoms with Gasteiger partial charge in [0.2, 0.25) is 0 Å². The highest BCUT2D eigenvalue weighted by Gasteiger charge is 2.31. The van der Waals surface area contributed by atoms with Gasteiger partial charge in [0.05, 0.1) is 0 Å². The highest BCUT2D eigenvalue weighted by atomic mass is 16.5. The van der Waals surface area contributed by atoms with Gasteiger partial charge in [-0.15, -0.1) is 0 Å². The third-order valence-electron chi connectivity index (χ3n) is 12.6. The van der Waals surface area contributed by atoms with Gasteiger partial charge in [0.25, 0.3) is 0 Å². The maximum absolute atomic E-state index is 6.36. The second-order valence-electron chi connectivity index (χ2n) is 22.3. The van der Waals surface area contributed by atoms with Gasteiger partial charge >= 0.3 is 0 Å². The molecular formula is C61H84O4. The standard InChI is InChI=1S/C61H84O4/c1-21-28-62-54-32-40(5)46(36-50(54)58(9,10)11)44(47-37-51(59(12,13)14)55(33-41(47)6)63-29-22-2)26-25-27-45(48-38-52(60(15,16)17)56(34-42(48)7)64-30-23-3)49-39-53(61(18,19)20)57(35-43(49)8)65-31-24-4/h21-24,32-39,44-45H,1-4,25-31H2,5-20H3. The molecule has 0 radical (unpaired) electrons. The molecule has 4 aromatic rings. The van der Waals surface area contributed by atoms with Crippen LogP contribution < -0.4 is 18.9 Å². The average Bonchev–Trinajstić information content (AvgIpc) is 3.19. The van der Waals surface area contributed by atoms with Gasteiger partial charge in [-0.05, 0) is 153 Å². The fraction of sp³-hybridized carbons (Fsp3) is 0.475. The lowest BCUT2D eigenvalue weighted by Gasteiger charge is -2.32. The first-order chi connectivity index (χ1) is 30.3. The van der Waals surface area contributed by atoms with Gasteiger partial charge in [-0.2, -0.15) is 0 Å². The molecule has 0 saturated carbocycles. The van der Waals surface area contributed by atoms with E-state index in [1.807, 2.05) is 24.3 Å². The van der Waals surface area contributed by atoms with Gasteiger partial charge < -0.3 is 18.9 Å². The van der Waals surface area contributed by atoms with E-state index in [2.05, 4.69) is 186 Å². The Morgan fingerprint density at radius 2 is 0.569 bits per heavy atom. The van der Waals surface area contributed by atoms with Crippen molar-refractivity contribution in [3.63, 3.8) is 0 Å². The molecule has 0 aliphatic heterocycles. The van der Waals surface area contributed by atoms with E-state index >= 15 is 0 Å². The molecule has 0 saturated heterocycles. The molecule has 0 unspecified atom stereocenters. The first kappa shape index (κ1) is 52.7. The lowest BCUT2D eigenvalue weighted by molar-refractivity contribution is 0.350. The summed E-state index contributed by atoms with van der Waals surface area (Å²) in [6.07, 6.45) is 10.2. The van der Waals surface area contributed by atoms with Crippen LogP contribution in [0.15, 0.2) is 99.2 Å². The Labute approximate surface area is 396 Å². The summed E-state index contributed by atoms with van der Waals surface area (Å²) in [5, 5.41) is 0. The Hall–Kier alpha value is -4.96. The number of hydrogen-bond donors (Lipinski definition) is 0. The molecule has 0 bridgehead atoms. The highest BCUT2D eigenvalue weighted by Crippen LogP contribution is 2.47. The van der Waals surface area contributed by atoms with Crippen LogP contribution in [0.5, 0.6) is 23.0 Å². The molecule has 0 amide bonds. The molecule has 0 N–H and O–H groups in total. The Bertz CT molecular complexity index is 1990. The molecule has 352 valence electrons. The van der Waals surface area contributed by atoms with Crippen LogP contribution in [0.25, 0.3) is 0 Å². The van der Waals surface area contributed by atoms with Crippen molar-refractivity contribution in [2.45, 2.75) is 164 Å². The van der Waals surface area contributed by atoms with Gasteiger partial charge in [0.15, 0.2) is 0 Å². The van der Waals surface area contributed by atoms with Crippen LogP contribution in [-0.4, -0.2) is 26.4 Å². The van der Waals surface area contributed by atoms with Crippen LogP contribution in [0.2, 0.25) is 0 Å². The van der Waals surface area contributed by atoms with E-state index in [0.29, 0.717) is 26.4 Å². The maximum atomic E-state index is 6.36. The fourth-order valence-electron chi connectivity index (χ4n) is 9.19. The van der Waals surface area contributed by atoms with Crippen molar-refractivity contribution in [3.05, 3.63) is 166 Å². The lowest BCUT2D eigenvalue weighted by atomic mass is 9.74. The van der Waals surface area contributed by atoms with E-state index in [0.717, 1.165) is 42.3 Å². The summed E-state index contributed by atoms with van der Waals surface area (Å²) in [6, 6.07) is 18.8. The van der Waals surface area contributed by atoms with Crippen LogP contribution >= 0.6 is 0 Å². The zero-order valence-corrected chi connectivity index (χ0v) is 43.5. The van der Waals surface area contributed by atoms with E-state index in [9.17, 15) is 0 Å². The summed E-state index contributed by atoms with van der Waals surface area (Å²) < 4.78 is 25.5. The van der Waals surface area contributed by atoms with E-state index in [1.54, 1.807) is 0 Å². The third kappa shape index (κ3) is 13.1. The summed E-state index contributed by atoms with van der Waals surface area (Å²) in [6.45, 7) is 54.0. The SMILES string of the molecule is C=CCOc1cc(C)c(C(CCCC(c2cc(C(C)(C)C)c(OCC=C)cc2C)c2cc(C(C)(C)C)c(OCC=C)cc2C)c2cc(C(C)(C)C)c(OCC=C)cc2C)cc1C(C)(C)C. The maximum Gasteiger partial charge on any atom is 0.123 e. The molecule has 0 aliphatic carbocycles. The number of aryl methyl sites for hydroxylation is 4. The number of benzene rings is 4. The fourth-order valence-corrected chi connectivity index (χ4v) is 9.19. The van der Waals surface area contributed by atoms with Crippen molar-refractivity contribution in [3.8, 4) is 23.0 Å². The average molecular weight is 881 g/mol. The largest absolute Gasteiger partial charge is 0.489 e. The molecule has 0 spiro atoms. The molecule has 4 rings (SSSR count). The van der Waals surface area contributed by atoms with E-state index in [-0.39, 0.29) is 33.5 Å². The van der Waals surface area contributed by atoms with Crippen molar-refractivity contribution < 1.29 is 18.9 Å². The molecule has 0 heterocycles. The van der Waals surface area contributed by atoms with E-state index in [4.69, 9.17) is 18.9 Å². The number of rotatable bonds is 20. The summed E-state index contributed by atoms with van der Waals surface area (Å²) in [5.41, 5.74) is 14.5. The molecule has 65 heavy (non-hydrogen) atoms. The van der Waals surface area contributed by atoms with E-state index < -0.39 is 0 Å². The van der Waals surface area contributed by atoms with Crippen molar-refractivity contribution in [1.29, 1.82) is 0 Å². The minimum absolute atomic E-state index is 0.113. The summed E-state index contributed by atoms with van der Waals surface area (Å²) >= 11 is 0. The van der Waals surface area contributed by atoms with Gasteiger partial charge in [0, 0.05) is 11.8 Å². The van der Waals surface area contributed by atoms with Gasteiger partial charge in [-0.1, -0.05) is 164 Å². The smallest absolute Gasteiger partial charge is 0.123 e. The molecule has 4 aromatic carbocycles. The Morgan fingerprint density at radius 1 is 0.369 bits per heavy atom. The first-order valence-corrected chi connectivity index (χ1v) is 23.8. The summed E-state index contributed by atoms with van der Waals surface area (Å²) in [4.78, 5) is 0. The number of ether oxygens (including phenoxy) is 4. The van der Waals surface area contributed by atoms with Gasteiger partial charge in [-0.3, -0.25) is 0 Å². The molecule has 0 atom stereocenters. The first-order valence-electron chi connectivity index (χ1n) is 23.8. The van der Waals surface area contributed by atoms with Crippen molar-refractivity contribution in [1.82, 2.24) is 0 Å². The van der Waals surface area contributed by atoms with Crippen LogP contribution in [0, 0.1) is 27.7 Å². The molecule has 0 fully saturated rings. The quantitative estimate of drug-likeness (QED) is 0.0829. The van der Waals surface area contributed by atoms with Gasteiger partial charge in [0.1, 0.15) is 49.4 Å². The minimum atomic E-state index is -0.143. The lowest BCUT2D eigenvalue weighted by Crippen LogP contribution is -2.19. The summed E-state index contributed by atoms with van der Waals surface area (Å²) in [5.74, 6) is 3.93.